The van der Waals surface area contributed by atoms with Gasteiger partial charge in [-0.15, -0.1) is 11.8 Å². The number of benzene rings is 2. The maximum absolute atomic E-state index is 6.27. The Hall–Kier alpha value is -1.85. The predicted octanol–water partition coefficient (Wildman–Crippen LogP) is 3.22. The first kappa shape index (κ1) is 14.1. The molecule has 2 N–H and O–H groups in total. The van der Waals surface area contributed by atoms with Crippen molar-refractivity contribution in [2.45, 2.75) is 10.9 Å². The molecule has 110 valence electrons. The number of ether oxygens (including phenoxy) is 3. The van der Waals surface area contributed by atoms with Crippen molar-refractivity contribution >= 4 is 11.8 Å². The molecule has 0 spiro atoms. The molecule has 0 radical (unpaired) electrons. The van der Waals surface area contributed by atoms with Gasteiger partial charge < -0.3 is 19.9 Å². The fourth-order valence-corrected chi connectivity index (χ4v) is 3.18. The van der Waals surface area contributed by atoms with E-state index in [1.54, 1.807) is 18.9 Å². The summed E-state index contributed by atoms with van der Waals surface area (Å²) < 4.78 is 16.0. The highest BCUT2D eigenvalue weighted by atomic mass is 32.2. The number of hydrogen-bond donors (Lipinski definition) is 1. The van der Waals surface area contributed by atoms with Gasteiger partial charge in [0.1, 0.15) is 5.75 Å². The Morgan fingerprint density at radius 2 is 2.00 bits per heavy atom. The third kappa shape index (κ3) is 3.09. The molecule has 1 unspecified atom stereocenters. The summed E-state index contributed by atoms with van der Waals surface area (Å²) in [4.78, 5) is 1.09. The molecular weight excluding hydrogens is 286 g/mol. The van der Waals surface area contributed by atoms with Crippen molar-refractivity contribution < 1.29 is 14.2 Å². The molecule has 4 nitrogen and oxygen atoms in total. The fraction of sp³-hybridized carbons (Fsp3) is 0.250. The van der Waals surface area contributed by atoms with Gasteiger partial charge in [0.15, 0.2) is 11.5 Å². The van der Waals surface area contributed by atoms with Crippen molar-refractivity contribution in [1.82, 2.24) is 0 Å². The van der Waals surface area contributed by atoms with Gasteiger partial charge in [0.25, 0.3) is 0 Å². The number of hydrogen-bond acceptors (Lipinski definition) is 5. The van der Waals surface area contributed by atoms with E-state index in [-0.39, 0.29) is 12.8 Å². The molecule has 5 heteroatoms. The maximum atomic E-state index is 6.27. The number of para-hydroxylation sites is 1. The highest BCUT2D eigenvalue weighted by Gasteiger charge is 2.16. The number of thioether (sulfide) groups is 1. The lowest BCUT2D eigenvalue weighted by atomic mass is 10.1. The summed E-state index contributed by atoms with van der Waals surface area (Å²) in [7, 11) is 1.68. The zero-order valence-electron chi connectivity index (χ0n) is 11.7. The van der Waals surface area contributed by atoms with Gasteiger partial charge >= 0.3 is 0 Å². The Balaban J connectivity index is 1.67. The predicted molar refractivity (Wildman–Crippen MR) is 83.2 cm³/mol. The van der Waals surface area contributed by atoms with Crippen LogP contribution in [0.5, 0.6) is 17.2 Å². The molecule has 0 aromatic heterocycles. The molecule has 0 aliphatic carbocycles. The van der Waals surface area contributed by atoms with E-state index in [1.807, 2.05) is 42.5 Å². The number of nitrogens with two attached hydrogens (primary N) is 1. The van der Waals surface area contributed by atoms with Crippen LogP contribution in [0.2, 0.25) is 0 Å². The second kappa shape index (κ2) is 6.28. The zero-order valence-corrected chi connectivity index (χ0v) is 12.6. The average Bonchev–Trinajstić information content (AvgIpc) is 3.00. The van der Waals surface area contributed by atoms with Gasteiger partial charge in [0, 0.05) is 16.7 Å². The second-order valence-corrected chi connectivity index (χ2v) is 5.74. The van der Waals surface area contributed by atoms with E-state index in [1.165, 1.54) is 0 Å². The first-order valence-electron chi connectivity index (χ1n) is 6.69. The summed E-state index contributed by atoms with van der Waals surface area (Å²) >= 11 is 1.69. The van der Waals surface area contributed by atoms with E-state index in [4.69, 9.17) is 19.9 Å². The van der Waals surface area contributed by atoms with Gasteiger partial charge in [0.2, 0.25) is 6.79 Å². The molecule has 1 atom stereocenters. The van der Waals surface area contributed by atoms with E-state index in [0.29, 0.717) is 0 Å². The van der Waals surface area contributed by atoms with Gasteiger partial charge in [-0.1, -0.05) is 18.2 Å². The molecule has 2 aromatic rings. The van der Waals surface area contributed by atoms with Gasteiger partial charge in [0.05, 0.1) is 7.11 Å². The molecule has 0 fully saturated rings. The van der Waals surface area contributed by atoms with Crippen LogP contribution in [0, 0.1) is 0 Å². The van der Waals surface area contributed by atoms with Crippen LogP contribution < -0.4 is 19.9 Å². The van der Waals surface area contributed by atoms with Gasteiger partial charge in [-0.2, -0.15) is 0 Å². The lowest BCUT2D eigenvalue weighted by Crippen LogP contribution is -2.12. The second-order valence-electron chi connectivity index (χ2n) is 4.68. The number of fused-ring (bicyclic) bond motifs is 1. The normalized spacial score (nSPS) is 14.0. The van der Waals surface area contributed by atoms with Crippen LogP contribution in [0.4, 0.5) is 0 Å². The molecule has 0 saturated heterocycles. The SMILES string of the molecule is COc1ccccc1SCC(N)c1ccc2c(c1)OCO2. The van der Waals surface area contributed by atoms with Gasteiger partial charge in [-0.3, -0.25) is 0 Å². The minimum absolute atomic E-state index is 0.0746. The number of rotatable bonds is 5. The summed E-state index contributed by atoms with van der Waals surface area (Å²) in [6, 6.07) is 13.7. The van der Waals surface area contributed by atoms with Crippen molar-refractivity contribution in [2.24, 2.45) is 5.73 Å². The molecule has 0 amide bonds. The topological polar surface area (TPSA) is 53.7 Å². The lowest BCUT2D eigenvalue weighted by molar-refractivity contribution is 0.174. The molecular formula is C16H17NO3S. The Labute approximate surface area is 128 Å². The summed E-state index contributed by atoms with van der Waals surface area (Å²) in [5, 5.41) is 0. The van der Waals surface area contributed by atoms with Crippen molar-refractivity contribution in [3.05, 3.63) is 48.0 Å². The van der Waals surface area contributed by atoms with E-state index in [9.17, 15) is 0 Å². The highest BCUT2D eigenvalue weighted by molar-refractivity contribution is 7.99. The average molecular weight is 303 g/mol. The molecule has 0 saturated carbocycles. The maximum Gasteiger partial charge on any atom is 0.231 e. The highest BCUT2D eigenvalue weighted by Crippen LogP contribution is 2.36. The molecule has 0 bridgehead atoms. The van der Waals surface area contributed by atoms with Crippen molar-refractivity contribution in [3.63, 3.8) is 0 Å². The van der Waals surface area contributed by atoms with Crippen LogP contribution >= 0.6 is 11.8 Å². The smallest absolute Gasteiger partial charge is 0.231 e. The molecule has 21 heavy (non-hydrogen) atoms. The van der Waals surface area contributed by atoms with E-state index in [0.717, 1.165) is 33.5 Å². The Kier molecular flexibility index (Phi) is 4.22. The fourth-order valence-electron chi connectivity index (χ4n) is 2.16. The molecule has 2 aromatic carbocycles. The molecule has 1 aliphatic rings. The Bertz CT molecular complexity index is 633. The zero-order chi connectivity index (χ0) is 14.7. The van der Waals surface area contributed by atoms with E-state index < -0.39 is 0 Å². The minimum Gasteiger partial charge on any atom is -0.496 e. The van der Waals surface area contributed by atoms with Crippen LogP contribution in [0.3, 0.4) is 0 Å². The van der Waals surface area contributed by atoms with Gasteiger partial charge in [-0.25, -0.2) is 0 Å². The first-order valence-corrected chi connectivity index (χ1v) is 7.67. The summed E-state index contributed by atoms with van der Waals surface area (Å²) in [5.41, 5.74) is 7.31. The third-order valence-electron chi connectivity index (χ3n) is 3.31. The van der Waals surface area contributed by atoms with Crippen LogP contribution in [0.1, 0.15) is 11.6 Å². The standard InChI is InChI=1S/C16H17NO3S/c1-18-14-4-2-3-5-16(14)21-9-12(17)11-6-7-13-15(8-11)20-10-19-13/h2-8,12H,9-10,17H2,1H3. The largest absolute Gasteiger partial charge is 0.496 e. The van der Waals surface area contributed by atoms with Gasteiger partial charge in [-0.05, 0) is 29.8 Å². The van der Waals surface area contributed by atoms with Crippen LogP contribution in [-0.4, -0.2) is 19.7 Å². The molecule has 1 aliphatic heterocycles. The molecule has 3 rings (SSSR count). The Morgan fingerprint density at radius 3 is 2.86 bits per heavy atom. The van der Waals surface area contributed by atoms with E-state index >= 15 is 0 Å². The van der Waals surface area contributed by atoms with E-state index in [2.05, 4.69) is 0 Å². The monoisotopic (exact) mass is 303 g/mol. The lowest BCUT2D eigenvalue weighted by Gasteiger charge is -2.13. The number of methoxy groups -OCH3 is 1. The van der Waals surface area contributed by atoms with Crippen LogP contribution in [0.25, 0.3) is 0 Å². The summed E-state index contributed by atoms with van der Waals surface area (Å²) in [6.45, 7) is 0.282. The summed E-state index contributed by atoms with van der Waals surface area (Å²) in [6.07, 6.45) is 0. The van der Waals surface area contributed by atoms with Crippen molar-refractivity contribution in [2.75, 3.05) is 19.7 Å². The van der Waals surface area contributed by atoms with Crippen LogP contribution in [0.15, 0.2) is 47.4 Å². The van der Waals surface area contributed by atoms with Crippen molar-refractivity contribution in [3.8, 4) is 17.2 Å². The quantitative estimate of drug-likeness (QED) is 0.860. The molecule has 1 heterocycles. The van der Waals surface area contributed by atoms with Crippen LogP contribution in [-0.2, 0) is 0 Å². The minimum atomic E-state index is -0.0746. The van der Waals surface area contributed by atoms with Crippen molar-refractivity contribution in [1.29, 1.82) is 0 Å². The third-order valence-corrected chi connectivity index (χ3v) is 4.49. The summed E-state index contributed by atoms with van der Waals surface area (Å²) in [5.74, 6) is 3.19. The first-order chi connectivity index (χ1) is 10.3. The Morgan fingerprint density at radius 1 is 1.19 bits per heavy atom.